The van der Waals surface area contributed by atoms with E-state index in [1.54, 1.807) is 21.8 Å². The van der Waals surface area contributed by atoms with Crippen molar-refractivity contribution in [2.75, 3.05) is 44.3 Å². The van der Waals surface area contributed by atoms with Crippen LogP contribution in [-0.4, -0.2) is 69.9 Å². The van der Waals surface area contributed by atoms with Gasteiger partial charge in [0.25, 0.3) is 11.9 Å². The minimum atomic E-state index is -0.103. The van der Waals surface area contributed by atoms with Gasteiger partial charge in [-0.05, 0) is 12.0 Å². The summed E-state index contributed by atoms with van der Waals surface area (Å²) in [5.41, 5.74) is 3.16. The maximum Gasteiger partial charge on any atom is 0.289 e. The molecule has 4 aromatic rings. The highest BCUT2D eigenvalue weighted by molar-refractivity contribution is 5.97. The first-order valence-corrected chi connectivity index (χ1v) is 10.8. The van der Waals surface area contributed by atoms with Crippen LogP contribution in [0.5, 0.6) is 0 Å². The van der Waals surface area contributed by atoms with Gasteiger partial charge in [0, 0.05) is 44.0 Å². The first-order chi connectivity index (χ1) is 15.8. The van der Waals surface area contributed by atoms with Gasteiger partial charge < -0.3 is 19.0 Å². The minimum absolute atomic E-state index is 0.103. The van der Waals surface area contributed by atoms with Gasteiger partial charge in [-0.1, -0.05) is 30.3 Å². The summed E-state index contributed by atoms with van der Waals surface area (Å²) in [6, 6.07) is 11.8. The number of hydrogen-bond acceptors (Lipinski definition) is 7. The van der Waals surface area contributed by atoms with E-state index < -0.39 is 0 Å². The molecule has 1 amide bonds. The summed E-state index contributed by atoms with van der Waals surface area (Å²) >= 11 is 0. The molecule has 6 rings (SSSR count). The molecule has 0 radical (unpaired) electrons. The van der Waals surface area contributed by atoms with Crippen LogP contribution in [0.2, 0.25) is 0 Å². The third-order valence-corrected chi connectivity index (χ3v) is 5.90. The van der Waals surface area contributed by atoms with E-state index in [1.165, 1.54) is 0 Å². The lowest BCUT2D eigenvalue weighted by Crippen LogP contribution is -2.41. The molecule has 0 N–H and O–H groups in total. The number of aromatic nitrogens is 4. The van der Waals surface area contributed by atoms with Crippen molar-refractivity contribution in [3.05, 3.63) is 54.6 Å². The number of carbonyl (C=O) groups excluding carboxylic acids is 1. The zero-order valence-electron chi connectivity index (χ0n) is 17.5. The smallest absolute Gasteiger partial charge is 0.289 e. The molecule has 0 saturated carbocycles. The number of anilines is 1. The Labute approximate surface area is 184 Å². The van der Waals surface area contributed by atoms with Gasteiger partial charge in [-0.2, -0.15) is 10.1 Å². The first-order valence-electron chi connectivity index (χ1n) is 10.8. The van der Waals surface area contributed by atoms with Gasteiger partial charge in [-0.15, -0.1) is 0 Å². The average molecular weight is 430 g/mol. The standard InChI is InChI=1S/C23H22N6O3/c30-22(28-7-4-8-28)19-13-18-20(32-19)21(27-9-11-31-12-10-27)26-23(25-18)29-15-17(14-24-29)16-5-2-1-3-6-16/h1-3,5-6,13-15H,4,7-12H2. The predicted octanol–water partition coefficient (Wildman–Crippen LogP) is 2.76. The van der Waals surface area contributed by atoms with Crippen LogP contribution in [0, 0.1) is 0 Å². The number of morpholine rings is 1. The Hall–Kier alpha value is -3.72. The number of fused-ring (bicyclic) bond motifs is 1. The highest BCUT2D eigenvalue weighted by Crippen LogP contribution is 2.30. The van der Waals surface area contributed by atoms with Crippen molar-refractivity contribution in [3.63, 3.8) is 0 Å². The zero-order valence-corrected chi connectivity index (χ0v) is 17.5. The molecule has 0 unspecified atom stereocenters. The zero-order chi connectivity index (χ0) is 21.5. The molecule has 2 aliphatic rings. The number of nitrogens with zero attached hydrogens (tertiary/aromatic N) is 6. The third-order valence-electron chi connectivity index (χ3n) is 5.90. The molecule has 2 fully saturated rings. The van der Waals surface area contributed by atoms with Crippen molar-refractivity contribution in [1.82, 2.24) is 24.6 Å². The van der Waals surface area contributed by atoms with E-state index in [2.05, 4.69) is 15.0 Å². The number of hydrogen-bond donors (Lipinski definition) is 0. The normalized spacial score (nSPS) is 16.4. The van der Waals surface area contributed by atoms with Gasteiger partial charge in [0.05, 0.1) is 19.4 Å². The molecule has 2 saturated heterocycles. The van der Waals surface area contributed by atoms with Crippen LogP contribution in [0.1, 0.15) is 17.0 Å². The molecule has 9 heteroatoms. The average Bonchev–Trinajstić information content (AvgIpc) is 3.46. The number of amides is 1. The maximum absolute atomic E-state index is 12.7. The van der Waals surface area contributed by atoms with E-state index in [1.807, 2.05) is 36.5 Å². The number of benzene rings is 1. The molecule has 1 aromatic carbocycles. The van der Waals surface area contributed by atoms with Gasteiger partial charge in [-0.3, -0.25) is 4.79 Å². The Bertz CT molecular complexity index is 1270. The summed E-state index contributed by atoms with van der Waals surface area (Å²) in [5, 5.41) is 4.49. The van der Waals surface area contributed by atoms with E-state index in [0.717, 1.165) is 30.6 Å². The summed E-state index contributed by atoms with van der Waals surface area (Å²) in [7, 11) is 0. The highest BCUT2D eigenvalue weighted by Gasteiger charge is 2.27. The molecule has 5 heterocycles. The van der Waals surface area contributed by atoms with E-state index in [4.69, 9.17) is 14.1 Å². The molecule has 2 aliphatic heterocycles. The van der Waals surface area contributed by atoms with Crippen molar-refractivity contribution in [3.8, 4) is 17.1 Å². The second kappa shape index (κ2) is 7.76. The van der Waals surface area contributed by atoms with Crippen molar-refractivity contribution in [2.45, 2.75) is 6.42 Å². The fraction of sp³-hybridized carbons (Fsp3) is 0.304. The lowest BCUT2D eigenvalue weighted by molar-refractivity contribution is 0.0621. The van der Waals surface area contributed by atoms with Crippen molar-refractivity contribution in [1.29, 1.82) is 0 Å². The molecule has 0 aliphatic carbocycles. The quantitative estimate of drug-likeness (QED) is 0.492. The molecule has 0 atom stereocenters. The fourth-order valence-corrected chi connectivity index (χ4v) is 3.99. The molecule has 162 valence electrons. The largest absolute Gasteiger partial charge is 0.445 e. The Balaban J connectivity index is 1.44. The summed E-state index contributed by atoms with van der Waals surface area (Å²) in [4.78, 5) is 26.1. The summed E-state index contributed by atoms with van der Waals surface area (Å²) in [5.74, 6) is 1.29. The summed E-state index contributed by atoms with van der Waals surface area (Å²) in [6.45, 7) is 4.13. The van der Waals surface area contributed by atoms with Gasteiger partial charge in [-0.25, -0.2) is 9.67 Å². The highest BCUT2D eigenvalue weighted by atomic mass is 16.5. The minimum Gasteiger partial charge on any atom is -0.445 e. The van der Waals surface area contributed by atoms with Crippen molar-refractivity contribution in [2.24, 2.45) is 0 Å². The number of rotatable bonds is 4. The molecule has 0 spiro atoms. The van der Waals surface area contributed by atoms with Crippen molar-refractivity contribution >= 4 is 22.8 Å². The third kappa shape index (κ3) is 3.31. The van der Waals surface area contributed by atoms with E-state index in [9.17, 15) is 4.79 Å². The van der Waals surface area contributed by atoms with Crippen LogP contribution in [0.3, 0.4) is 0 Å². The number of carbonyl (C=O) groups is 1. The second-order valence-electron chi connectivity index (χ2n) is 7.96. The molecule has 9 nitrogen and oxygen atoms in total. The number of ether oxygens (including phenoxy) is 1. The van der Waals surface area contributed by atoms with Gasteiger partial charge in [0.15, 0.2) is 17.2 Å². The monoisotopic (exact) mass is 430 g/mol. The predicted molar refractivity (Wildman–Crippen MR) is 118 cm³/mol. The van der Waals surface area contributed by atoms with Crippen LogP contribution in [0.25, 0.3) is 28.2 Å². The molecular formula is C23H22N6O3. The van der Waals surface area contributed by atoms with E-state index >= 15 is 0 Å². The van der Waals surface area contributed by atoms with E-state index in [-0.39, 0.29) is 5.91 Å². The lowest BCUT2D eigenvalue weighted by atomic mass is 10.1. The topological polar surface area (TPSA) is 89.5 Å². The van der Waals surface area contributed by atoms with Crippen molar-refractivity contribution < 1.29 is 13.9 Å². The summed E-state index contributed by atoms with van der Waals surface area (Å²) < 4.78 is 13.2. The van der Waals surface area contributed by atoms with Crippen LogP contribution in [-0.2, 0) is 4.74 Å². The molecule has 0 bridgehead atoms. The van der Waals surface area contributed by atoms with Crippen LogP contribution >= 0.6 is 0 Å². The summed E-state index contributed by atoms with van der Waals surface area (Å²) in [6.07, 6.45) is 4.73. The molecular weight excluding hydrogens is 408 g/mol. The Morgan fingerprint density at radius 3 is 2.53 bits per heavy atom. The molecule has 32 heavy (non-hydrogen) atoms. The Morgan fingerprint density at radius 1 is 0.969 bits per heavy atom. The van der Waals surface area contributed by atoms with Gasteiger partial charge in [0.2, 0.25) is 0 Å². The lowest BCUT2D eigenvalue weighted by Gasteiger charge is -2.29. The van der Waals surface area contributed by atoms with E-state index in [0.29, 0.717) is 54.9 Å². The van der Waals surface area contributed by atoms with Gasteiger partial charge in [0.1, 0.15) is 5.52 Å². The fourth-order valence-electron chi connectivity index (χ4n) is 3.99. The Morgan fingerprint density at radius 2 is 1.78 bits per heavy atom. The maximum atomic E-state index is 12.7. The second-order valence-corrected chi connectivity index (χ2v) is 7.96. The number of likely N-dealkylation sites (tertiary alicyclic amines) is 1. The molecule has 3 aromatic heterocycles. The SMILES string of the molecule is O=C(c1cc2nc(-n3cc(-c4ccccc4)cn3)nc(N3CCOCC3)c2o1)N1CCC1. The first kappa shape index (κ1) is 19.0. The van der Waals surface area contributed by atoms with Crippen LogP contribution in [0.4, 0.5) is 5.82 Å². The van der Waals surface area contributed by atoms with Crippen LogP contribution in [0.15, 0.2) is 53.2 Å². The Kier molecular flexibility index (Phi) is 4.61. The van der Waals surface area contributed by atoms with Crippen LogP contribution < -0.4 is 4.90 Å². The number of furan rings is 1. The van der Waals surface area contributed by atoms with Gasteiger partial charge >= 0.3 is 0 Å².